The molecule has 0 saturated carbocycles. The Bertz CT molecular complexity index is 817. The third-order valence-electron chi connectivity index (χ3n) is 3.52. The van der Waals surface area contributed by atoms with E-state index >= 15 is 0 Å². The number of hydrogen-bond donors (Lipinski definition) is 0. The van der Waals surface area contributed by atoms with Gasteiger partial charge < -0.3 is 9.63 Å². The highest BCUT2D eigenvalue weighted by Gasteiger charge is 2.18. The Kier molecular flexibility index (Phi) is 3.74. The van der Waals surface area contributed by atoms with Crippen molar-refractivity contribution >= 4 is 12.2 Å². The molecule has 0 saturated heterocycles. The lowest BCUT2D eigenvalue weighted by Gasteiger charge is -1.98. The topological polar surface area (TPSA) is 53.0 Å². The Labute approximate surface area is 128 Å². The Morgan fingerprint density at radius 3 is 2.41 bits per heavy atom. The van der Waals surface area contributed by atoms with E-state index in [4.69, 9.17) is 4.52 Å². The highest BCUT2D eigenvalue weighted by Crippen LogP contribution is 2.16. The van der Waals surface area contributed by atoms with Crippen LogP contribution < -0.4 is 9.79 Å². The number of para-hydroxylation sites is 1. The summed E-state index contributed by atoms with van der Waals surface area (Å²) in [4.78, 5) is 0. The van der Waals surface area contributed by atoms with E-state index in [2.05, 4.69) is 36.5 Å². The molecular formula is C18H16N2O2. The summed E-state index contributed by atoms with van der Waals surface area (Å²) in [6.07, 6.45) is 4.04. The van der Waals surface area contributed by atoms with Gasteiger partial charge in [0.05, 0.1) is 5.27 Å². The smallest absolute Gasteiger partial charge is 0.246 e. The van der Waals surface area contributed by atoms with Crippen molar-refractivity contribution in [2.45, 2.75) is 13.8 Å². The van der Waals surface area contributed by atoms with E-state index in [1.54, 1.807) is 6.92 Å². The number of aromatic nitrogens is 2. The Balaban J connectivity index is 1.98. The lowest BCUT2D eigenvalue weighted by molar-refractivity contribution is -0.676. The number of rotatable bonds is 3. The van der Waals surface area contributed by atoms with E-state index in [0.717, 1.165) is 16.8 Å². The Morgan fingerprint density at radius 1 is 1.00 bits per heavy atom. The van der Waals surface area contributed by atoms with Gasteiger partial charge in [-0.3, -0.25) is 0 Å². The van der Waals surface area contributed by atoms with Crippen molar-refractivity contribution in [1.29, 1.82) is 0 Å². The average Bonchev–Trinajstić information content (AvgIpc) is 2.87. The standard InChI is InChI=1S/C18H16N2O2/c1-13-7-9-15(10-8-13)11-12-16-5-3-4-6-17(16)20-14(2)18(21)22-19-20/h3-12H,1-2H3/b12-11+. The predicted octanol–water partition coefficient (Wildman–Crippen LogP) is 2.81. The van der Waals surface area contributed by atoms with Crippen molar-refractivity contribution in [1.82, 2.24) is 5.27 Å². The molecule has 0 spiro atoms. The first-order valence-electron chi connectivity index (χ1n) is 7.05. The first kappa shape index (κ1) is 14.1. The number of hydrogen-bond acceptors (Lipinski definition) is 3. The quantitative estimate of drug-likeness (QED) is 0.551. The molecule has 4 nitrogen and oxygen atoms in total. The molecule has 1 heterocycles. The van der Waals surface area contributed by atoms with Gasteiger partial charge in [-0.05, 0) is 29.3 Å². The molecule has 1 aromatic heterocycles. The van der Waals surface area contributed by atoms with Gasteiger partial charge in [0, 0.05) is 18.6 Å². The molecule has 0 atom stereocenters. The molecule has 110 valence electrons. The van der Waals surface area contributed by atoms with Gasteiger partial charge in [0.2, 0.25) is 11.4 Å². The van der Waals surface area contributed by atoms with Crippen LogP contribution in [-0.4, -0.2) is 5.27 Å². The molecule has 3 aromatic rings. The van der Waals surface area contributed by atoms with Gasteiger partial charge >= 0.3 is 0 Å². The number of aryl methyl sites for hydroxylation is 1. The van der Waals surface area contributed by atoms with Crippen LogP contribution in [0.3, 0.4) is 0 Å². The first-order chi connectivity index (χ1) is 10.6. The highest BCUT2D eigenvalue weighted by atomic mass is 16.6. The summed E-state index contributed by atoms with van der Waals surface area (Å²) in [7, 11) is 0. The zero-order valence-corrected chi connectivity index (χ0v) is 12.5. The average molecular weight is 292 g/mol. The zero-order chi connectivity index (χ0) is 15.5. The van der Waals surface area contributed by atoms with Gasteiger partial charge in [-0.15, -0.1) is 0 Å². The maximum absolute atomic E-state index is 11.5. The second-order valence-corrected chi connectivity index (χ2v) is 5.16. The fraction of sp³-hybridized carbons (Fsp3) is 0.111. The van der Waals surface area contributed by atoms with E-state index in [-0.39, 0.29) is 0 Å². The third kappa shape index (κ3) is 2.76. The molecule has 0 N–H and O–H groups in total. The van der Waals surface area contributed by atoms with E-state index in [1.807, 2.05) is 36.4 Å². The fourth-order valence-electron chi connectivity index (χ4n) is 2.20. The van der Waals surface area contributed by atoms with Crippen LogP contribution in [0, 0.1) is 13.8 Å². The summed E-state index contributed by atoms with van der Waals surface area (Å²) >= 11 is 0. The second-order valence-electron chi connectivity index (χ2n) is 5.16. The van der Waals surface area contributed by atoms with Crippen molar-refractivity contribution < 1.29 is 14.3 Å². The van der Waals surface area contributed by atoms with Crippen LogP contribution in [0.2, 0.25) is 0 Å². The van der Waals surface area contributed by atoms with E-state index < -0.39 is 5.95 Å². The lowest BCUT2D eigenvalue weighted by atomic mass is 10.1. The number of benzene rings is 2. The zero-order valence-electron chi connectivity index (χ0n) is 12.5. The predicted molar refractivity (Wildman–Crippen MR) is 82.3 cm³/mol. The van der Waals surface area contributed by atoms with Crippen LogP contribution in [0.5, 0.6) is 5.95 Å². The molecule has 0 aliphatic carbocycles. The molecule has 0 unspecified atom stereocenters. The van der Waals surface area contributed by atoms with Crippen molar-refractivity contribution in [2.75, 3.05) is 0 Å². The molecule has 22 heavy (non-hydrogen) atoms. The molecular weight excluding hydrogens is 276 g/mol. The Hall–Kier alpha value is -2.88. The minimum absolute atomic E-state index is 0.419. The van der Waals surface area contributed by atoms with E-state index in [0.29, 0.717) is 5.69 Å². The summed E-state index contributed by atoms with van der Waals surface area (Å²) in [5.41, 5.74) is 4.58. The van der Waals surface area contributed by atoms with Gasteiger partial charge in [0.1, 0.15) is 0 Å². The molecule has 0 bridgehead atoms. The molecule has 0 amide bonds. The minimum Gasteiger partial charge on any atom is -0.539 e. The molecule has 4 heteroatoms. The van der Waals surface area contributed by atoms with Crippen molar-refractivity contribution in [3.05, 3.63) is 70.9 Å². The van der Waals surface area contributed by atoms with Crippen LogP contribution in [0.15, 0.2) is 53.1 Å². The van der Waals surface area contributed by atoms with Crippen molar-refractivity contribution in [3.63, 3.8) is 0 Å². The molecule has 0 fully saturated rings. The van der Waals surface area contributed by atoms with Crippen LogP contribution in [0.25, 0.3) is 17.8 Å². The van der Waals surface area contributed by atoms with E-state index in [1.165, 1.54) is 10.2 Å². The minimum atomic E-state index is -0.419. The van der Waals surface area contributed by atoms with Gasteiger partial charge in [0.15, 0.2) is 5.95 Å². The summed E-state index contributed by atoms with van der Waals surface area (Å²) in [6, 6.07) is 16.0. The maximum Gasteiger partial charge on any atom is 0.246 e. The van der Waals surface area contributed by atoms with Crippen LogP contribution >= 0.6 is 0 Å². The van der Waals surface area contributed by atoms with Gasteiger partial charge in [-0.2, -0.15) is 0 Å². The summed E-state index contributed by atoms with van der Waals surface area (Å²) < 4.78 is 6.24. The van der Waals surface area contributed by atoms with Crippen molar-refractivity contribution in [2.24, 2.45) is 0 Å². The Morgan fingerprint density at radius 2 is 1.73 bits per heavy atom. The monoisotopic (exact) mass is 292 g/mol. The highest BCUT2D eigenvalue weighted by molar-refractivity contribution is 5.72. The van der Waals surface area contributed by atoms with Crippen molar-refractivity contribution in [3.8, 4) is 11.6 Å². The summed E-state index contributed by atoms with van der Waals surface area (Å²) in [6.45, 7) is 3.76. The SMILES string of the molecule is Cc1ccc(/C=C/c2ccccc2-[n+]2noc([O-])c2C)cc1. The normalized spacial score (nSPS) is 11.2. The fourth-order valence-corrected chi connectivity index (χ4v) is 2.20. The molecule has 0 aliphatic rings. The van der Waals surface area contributed by atoms with Gasteiger partial charge in [0.25, 0.3) is 0 Å². The molecule has 0 radical (unpaired) electrons. The third-order valence-corrected chi connectivity index (χ3v) is 3.52. The molecule has 0 aliphatic heterocycles. The first-order valence-corrected chi connectivity index (χ1v) is 7.05. The van der Waals surface area contributed by atoms with Crippen LogP contribution in [-0.2, 0) is 0 Å². The second kappa shape index (κ2) is 5.85. The van der Waals surface area contributed by atoms with E-state index in [9.17, 15) is 5.11 Å². The molecule has 2 aromatic carbocycles. The molecule has 3 rings (SSSR count). The van der Waals surface area contributed by atoms with Crippen LogP contribution in [0.1, 0.15) is 22.4 Å². The van der Waals surface area contributed by atoms with Crippen LogP contribution in [0.4, 0.5) is 0 Å². The summed E-state index contributed by atoms with van der Waals surface area (Å²) in [5, 5.41) is 15.3. The summed E-state index contributed by atoms with van der Waals surface area (Å²) in [5.74, 6) is -0.419. The lowest BCUT2D eigenvalue weighted by Crippen LogP contribution is -2.36. The van der Waals surface area contributed by atoms with Gasteiger partial charge in [-0.25, -0.2) is 0 Å². The maximum atomic E-state index is 11.5. The number of nitrogens with zero attached hydrogens (tertiary/aromatic N) is 2. The largest absolute Gasteiger partial charge is 0.539 e. The van der Waals surface area contributed by atoms with Gasteiger partial charge in [-0.1, -0.05) is 48.0 Å².